The number of halogens is 2. The van der Waals surface area contributed by atoms with Crippen molar-refractivity contribution in [1.82, 2.24) is 4.90 Å². The summed E-state index contributed by atoms with van der Waals surface area (Å²) in [7, 11) is 0. The van der Waals surface area contributed by atoms with Gasteiger partial charge >= 0.3 is 0 Å². The van der Waals surface area contributed by atoms with Crippen molar-refractivity contribution >= 4 is 24.4 Å². The molecular weight excluding hydrogens is 291 g/mol. The number of piperidine rings is 1. The lowest BCUT2D eigenvalue weighted by Gasteiger charge is -2.34. The van der Waals surface area contributed by atoms with E-state index >= 15 is 0 Å². The Hall–Kier alpha value is -1.39. The van der Waals surface area contributed by atoms with Crippen LogP contribution in [0.25, 0.3) is 6.08 Å². The molecule has 1 heterocycles. The highest BCUT2D eigenvalue weighted by Crippen LogP contribution is 2.19. The van der Waals surface area contributed by atoms with E-state index in [0.29, 0.717) is 5.92 Å². The number of hydrogen-bond acceptors (Lipinski definition) is 2. The van der Waals surface area contributed by atoms with Crippen molar-refractivity contribution in [3.05, 3.63) is 41.7 Å². The van der Waals surface area contributed by atoms with Crippen molar-refractivity contribution in [3.8, 4) is 0 Å². The first kappa shape index (κ1) is 17.7. The molecule has 0 radical (unpaired) electrons. The SMILES string of the molecule is CC(N)C1CCCN(C(=O)/C=C/c2ccc(F)cc2)C1.Cl. The van der Waals surface area contributed by atoms with Gasteiger partial charge < -0.3 is 10.6 Å². The van der Waals surface area contributed by atoms with Crippen LogP contribution in [0.4, 0.5) is 4.39 Å². The van der Waals surface area contributed by atoms with E-state index in [-0.39, 0.29) is 30.2 Å². The summed E-state index contributed by atoms with van der Waals surface area (Å²) in [6.45, 7) is 3.51. The molecule has 2 atom stereocenters. The van der Waals surface area contributed by atoms with Gasteiger partial charge in [0.1, 0.15) is 5.82 Å². The minimum absolute atomic E-state index is 0. The lowest BCUT2D eigenvalue weighted by atomic mass is 9.92. The first-order valence-electron chi connectivity index (χ1n) is 7.04. The smallest absolute Gasteiger partial charge is 0.246 e. The monoisotopic (exact) mass is 312 g/mol. The number of likely N-dealkylation sites (tertiary alicyclic amines) is 1. The second kappa shape index (κ2) is 8.15. The normalized spacial score (nSPS) is 20.1. The third kappa shape index (κ3) is 5.14. The number of carbonyl (C=O) groups is 1. The molecule has 0 saturated carbocycles. The van der Waals surface area contributed by atoms with Gasteiger partial charge in [0.25, 0.3) is 0 Å². The van der Waals surface area contributed by atoms with Gasteiger partial charge in [-0.05, 0) is 49.5 Å². The number of benzene rings is 1. The second-order valence-corrected chi connectivity index (χ2v) is 5.43. The molecule has 5 heteroatoms. The van der Waals surface area contributed by atoms with Gasteiger partial charge in [-0.1, -0.05) is 12.1 Å². The lowest BCUT2D eigenvalue weighted by Crippen LogP contribution is -2.44. The summed E-state index contributed by atoms with van der Waals surface area (Å²) in [6, 6.07) is 6.20. The van der Waals surface area contributed by atoms with Crippen LogP contribution in [0.1, 0.15) is 25.3 Å². The van der Waals surface area contributed by atoms with Crippen LogP contribution >= 0.6 is 12.4 Å². The summed E-state index contributed by atoms with van der Waals surface area (Å²) >= 11 is 0. The topological polar surface area (TPSA) is 46.3 Å². The Balaban J connectivity index is 0.00000220. The van der Waals surface area contributed by atoms with Crippen LogP contribution in [0.2, 0.25) is 0 Å². The van der Waals surface area contributed by atoms with Crippen LogP contribution in [-0.4, -0.2) is 29.9 Å². The fourth-order valence-electron chi connectivity index (χ4n) is 2.49. The van der Waals surface area contributed by atoms with Crippen molar-refractivity contribution in [2.45, 2.75) is 25.8 Å². The van der Waals surface area contributed by atoms with E-state index in [0.717, 1.165) is 31.5 Å². The second-order valence-electron chi connectivity index (χ2n) is 5.43. The number of carbonyl (C=O) groups excluding carboxylic acids is 1. The van der Waals surface area contributed by atoms with E-state index in [1.54, 1.807) is 24.3 Å². The summed E-state index contributed by atoms with van der Waals surface area (Å²) in [4.78, 5) is 14.0. The number of hydrogen-bond donors (Lipinski definition) is 1. The van der Waals surface area contributed by atoms with E-state index in [1.165, 1.54) is 12.1 Å². The zero-order valence-corrected chi connectivity index (χ0v) is 13.0. The van der Waals surface area contributed by atoms with Gasteiger partial charge in [0, 0.05) is 25.2 Å². The Morgan fingerprint density at radius 3 is 2.71 bits per heavy atom. The average Bonchev–Trinajstić information content (AvgIpc) is 2.46. The van der Waals surface area contributed by atoms with Crippen LogP contribution in [0.5, 0.6) is 0 Å². The highest BCUT2D eigenvalue weighted by molar-refractivity contribution is 5.91. The third-order valence-corrected chi connectivity index (χ3v) is 3.80. The maximum absolute atomic E-state index is 12.8. The number of rotatable bonds is 3. The van der Waals surface area contributed by atoms with Crippen molar-refractivity contribution in [2.75, 3.05) is 13.1 Å². The van der Waals surface area contributed by atoms with Gasteiger partial charge in [0.15, 0.2) is 0 Å². The van der Waals surface area contributed by atoms with Gasteiger partial charge in [-0.3, -0.25) is 4.79 Å². The molecule has 0 bridgehead atoms. The Morgan fingerprint density at radius 1 is 1.43 bits per heavy atom. The number of nitrogens with two attached hydrogens (primary N) is 1. The van der Waals surface area contributed by atoms with Crippen molar-refractivity contribution in [3.63, 3.8) is 0 Å². The van der Waals surface area contributed by atoms with E-state index in [1.807, 2.05) is 11.8 Å². The lowest BCUT2D eigenvalue weighted by molar-refractivity contribution is -0.127. The summed E-state index contributed by atoms with van der Waals surface area (Å²) in [5.74, 6) is 0.107. The van der Waals surface area contributed by atoms with Crippen molar-refractivity contribution in [1.29, 1.82) is 0 Å². The predicted molar refractivity (Wildman–Crippen MR) is 85.6 cm³/mol. The summed E-state index contributed by atoms with van der Waals surface area (Å²) in [6.07, 6.45) is 5.36. The molecule has 1 aliphatic heterocycles. The minimum Gasteiger partial charge on any atom is -0.339 e. The molecule has 0 spiro atoms. The van der Waals surface area contributed by atoms with E-state index in [4.69, 9.17) is 5.73 Å². The van der Waals surface area contributed by atoms with Gasteiger partial charge in [0.2, 0.25) is 5.91 Å². The minimum atomic E-state index is -0.274. The van der Waals surface area contributed by atoms with Gasteiger partial charge in [-0.25, -0.2) is 4.39 Å². The van der Waals surface area contributed by atoms with Crippen LogP contribution < -0.4 is 5.73 Å². The largest absolute Gasteiger partial charge is 0.339 e. The van der Waals surface area contributed by atoms with E-state index < -0.39 is 0 Å². The Kier molecular flexibility index (Phi) is 6.85. The molecule has 0 aliphatic carbocycles. The Bertz CT molecular complexity index is 488. The van der Waals surface area contributed by atoms with Crippen LogP contribution in [0.3, 0.4) is 0 Å². The molecule has 3 nitrogen and oxygen atoms in total. The molecule has 1 fully saturated rings. The van der Waals surface area contributed by atoms with Gasteiger partial charge in [0.05, 0.1) is 0 Å². The maximum Gasteiger partial charge on any atom is 0.246 e. The average molecular weight is 313 g/mol. The van der Waals surface area contributed by atoms with Crippen molar-refractivity contribution in [2.24, 2.45) is 11.7 Å². The highest BCUT2D eigenvalue weighted by Gasteiger charge is 2.24. The molecule has 116 valence electrons. The molecule has 2 rings (SSSR count). The molecule has 1 aromatic rings. The molecule has 1 aliphatic rings. The number of amides is 1. The molecular formula is C16H22ClFN2O. The third-order valence-electron chi connectivity index (χ3n) is 3.80. The molecule has 2 unspecified atom stereocenters. The first-order valence-corrected chi connectivity index (χ1v) is 7.04. The summed E-state index contributed by atoms with van der Waals surface area (Å²) in [5, 5.41) is 0. The fourth-order valence-corrected chi connectivity index (χ4v) is 2.49. The quantitative estimate of drug-likeness (QED) is 0.872. The van der Waals surface area contributed by atoms with Gasteiger partial charge in [-0.15, -0.1) is 12.4 Å². The van der Waals surface area contributed by atoms with Crippen LogP contribution in [0, 0.1) is 11.7 Å². The molecule has 1 aromatic carbocycles. The molecule has 21 heavy (non-hydrogen) atoms. The molecule has 0 aromatic heterocycles. The Morgan fingerprint density at radius 2 is 2.10 bits per heavy atom. The molecule has 2 N–H and O–H groups in total. The molecule has 1 saturated heterocycles. The van der Waals surface area contributed by atoms with E-state index in [2.05, 4.69) is 0 Å². The predicted octanol–water partition coefficient (Wildman–Crippen LogP) is 2.85. The number of nitrogens with zero attached hydrogens (tertiary/aromatic N) is 1. The van der Waals surface area contributed by atoms with E-state index in [9.17, 15) is 9.18 Å². The van der Waals surface area contributed by atoms with Crippen LogP contribution in [-0.2, 0) is 4.79 Å². The van der Waals surface area contributed by atoms with Crippen molar-refractivity contribution < 1.29 is 9.18 Å². The standard InChI is InChI=1S/C16H21FN2O.ClH/c1-12(18)14-3-2-10-19(11-14)16(20)9-6-13-4-7-15(17)8-5-13;/h4-9,12,14H,2-3,10-11,18H2,1H3;1H/b9-6+;. The first-order chi connectivity index (χ1) is 9.56. The summed E-state index contributed by atoms with van der Waals surface area (Å²) < 4.78 is 12.8. The summed E-state index contributed by atoms with van der Waals surface area (Å²) in [5.41, 5.74) is 6.74. The zero-order valence-electron chi connectivity index (χ0n) is 12.2. The maximum atomic E-state index is 12.8. The zero-order chi connectivity index (χ0) is 14.5. The van der Waals surface area contributed by atoms with Gasteiger partial charge in [-0.2, -0.15) is 0 Å². The molecule has 1 amide bonds. The Labute approximate surface area is 131 Å². The van der Waals surface area contributed by atoms with Crippen LogP contribution in [0.15, 0.2) is 30.3 Å². The fraction of sp³-hybridized carbons (Fsp3) is 0.438. The highest BCUT2D eigenvalue weighted by atomic mass is 35.5.